The molecule has 0 bridgehead atoms. The number of fused-ring (bicyclic) bond motifs is 1. The van der Waals surface area contributed by atoms with Gasteiger partial charge in [0.05, 0.1) is 12.3 Å². The fraction of sp³-hybridized carbons (Fsp3) is 0.333. The van der Waals surface area contributed by atoms with Gasteiger partial charge in [-0.25, -0.2) is 4.68 Å². The van der Waals surface area contributed by atoms with Crippen molar-refractivity contribution in [2.75, 3.05) is 24.7 Å². The first-order valence-corrected chi connectivity index (χ1v) is 20.2. The second kappa shape index (κ2) is 17.3. The molecule has 51 heavy (non-hydrogen) atoms. The van der Waals surface area contributed by atoms with Crippen LogP contribution in [0.1, 0.15) is 72.4 Å². The Bertz CT molecular complexity index is 1900. The molecule has 9 heteroatoms. The van der Waals surface area contributed by atoms with Crippen molar-refractivity contribution in [3.63, 3.8) is 0 Å². The van der Waals surface area contributed by atoms with Crippen molar-refractivity contribution in [3.8, 4) is 16.8 Å². The van der Waals surface area contributed by atoms with Gasteiger partial charge in [-0.1, -0.05) is 99.0 Å². The molecule has 5 aromatic rings. The number of aliphatic hydroxyl groups is 1. The molecule has 0 saturated carbocycles. The predicted octanol–water partition coefficient (Wildman–Crippen LogP) is 7.28. The fourth-order valence-electron chi connectivity index (χ4n) is 6.91. The molecule has 0 aliphatic carbocycles. The number of anilines is 1. The molecule has 1 aliphatic heterocycles. The number of nitrogens with one attached hydrogen (secondary N) is 1. The van der Waals surface area contributed by atoms with E-state index >= 15 is 0 Å². The number of carbonyl (C=O) groups is 1. The van der Waals surface area contributed by atoms with E-state index in [4.69, 9.17) is 16.7 Å². The molecule has 4 aromatic carbocycles. The summed E-state index contributed by atoms with van der Waals surface area (Å²) >= 11 is 6.09. The van der Waals surface area contributed by atoms with Gasteiger partial charge in [0.15, 0.2) is 15.4 Å². The molecule has 2 heterocycles. The summed E-state index contributed by atoms with van der Waals surface area (Å²) in [6.45, 7) is 9.33. The molecule has 0 radical (unpaired) electrons. The van der Waals surface area contributed by atoms with E-state index in [0.29, 0.717) is 12.2 Å². The lowest BCUT2D eigenvalue weighted by Crippen LogP contribution is -2.42. The van der Waals surface area contributed by atoms with Gasteiger partial charge in [-0.15, -0.1) is 0 Å². The molecule has 2 N–H and O–H groups in total. The molecule has 1 atom stereocenters. The van der Waals surface area contributed by atoms with Crippen LogP contribution in [0.25, 0.3) is 16.8 Å². The van der Waals surface area contributed by atoms with Crippen molar-refractivity contribution in [2.45, 2.75) is 72.0 Å². The first-order valence-electron chi connectivity index (χ1n) is 18.4. The Morgan fingerprint density at radius 2 is 1.59 bits per heavy atom. The highest BCUT2D eigenvalue weighted by molar-refractivity contribution is 6.56. The standard InChI is InChI=1S/C42H50ClN5O2Si/c1-4-6-22-46(23-7-5-2)42(50)40-24-30(3)48(44-40)41-21-18-37(45-51-39-19-14-32(15-20-39)31-12-16-36(43)17-13-31)25-35(41)28-47-27-34-11-9-8-10-33(34)26-38(47)29-49/h8-21,24-25,38,45,49H,4-7,22-23,26-29,51H2,1-3H3. The smallest absolute Gasteiger partial charge is 0.274 e. The first-order chi connectivity index (χ1) is 24.9. The highest BCUT2D eigenvalue weighted by Crippen LogP contribution is 2.29. The van der Waals surface area contributed by atoms with Crippen LogP contribution < -0.4 is 10.2 Å². The Morgan fingerprint density at radius 3 is 2.25 bits per heavy atom. The maximum absolute atomic E-state index is 13.7. The van der Waals surface area contributed by atoms with E-state index in [9.17, 15) is 9.90 Å². The van der Waals surface area contributed by atoms with Crippen LogP contribution in [0.3, 0.4) is 0 Å². The van der Waals surface area contributed by atoms with Crippen molar-refractivity contribution in [2.24, 2.45) is 0 Å². The minimum Gasteiger partial charge on any atom is -0.412 e. The molecular formula is C42H50ClN5O2Si. The lowest BCUT2D eigenvalue weighted by molar-refractivity contribution is 0.0744. The molecule has 1 amide bonds. The summed E-state index contributed by atoms with van der Waals surface area (Å²) in [5.74, 6) is -0.000324. The minimum absolute atomic E-state index is 0.000324. The third kappa shape index (κ3) is 9.00. The molecule has 7 nitrogen and oxygen atoms in total. The van der Waals surface area contributed by atoms with Crippen LogP contribution in [-0.2, 0) is 19.5 Å². The van der Waals surface area contributed by atoms with E-state index in [-0.39, 0.29) is 18.6 Å². The fourth-order valence-corrected chi connectivity index (χ4v) is 8.14. The van der Waals surface area contributed by atoms with E-state index in [0.717, 1.165) is 85.0 Å². The van der Waals surface area contributed by atoms with Gasteiger partial charge in [0.2, 0.25) is 0 Å². The quantitative estimate of drug-likeness (QED) is 0.111. The van der Waals surface area contributed by atoms with Gasteiger partial charge in [0.25, 0.3) is 5.91 Å². The number of rotatable bonds is 15. The van der Waals surface area contributed by atoms with Crippen molar-refractivity contribution < 1.29 is 9.90 Å². The predicted molar refractivity (Wildman–Crippen MR) is 213 cm³/mol. The number of nitrogens with zero attached hydrogens (tertiary/aromatic N) is 4. The van der Waals surface area contributed by atoms with Crippen LogP contribution in [0.2, 0.25) is 5.02 Å². The summed E-state index contributed by atoms with van der Waals surface area (Å²) in [4.78, 5) is 21.9. The van der Waals surface area contributed by atoms with E-state index in [1.54, 1.807) is 0 Å². The van der Waals surface area contributed by atoms with Crippen LogP contribution in [0, 0.1) is 6.92 Å². The van der Waals surface area contributed by atoms with Crippen LogP contribution in [0.15, 0.2) is 97.1 Å². The van der Waals surface area contributed by atoms with Gasteiger partial charge in [0.1, 0.15) is 0 Å². The van der Waals surface area contributed by atoms with E-state index in [1.165, 1.54) is 21.9 Å². The normalized spacial score (nSPS) is 14.6. The molecule has 0 saturated heterocycles. The summed E-state index contributed by atoms with van der Waals surface area (Å²) in [6.07, 6.45) is 4.85. The molecule has 0 fully saturated rings. The lowest BCUT2D eigenvalue weighted by atomic mass is 9.93. The zero-order chi connectivity index (χ0) is 35.7. The molecule has 0 spiro atoms. The zero-order valence-electron chi connectivity index (χ0n) is 30.1. The van der Waals surface area contributed by atoms with E-state index < -0.39 is 9.68 Å². The maximum Gasteiger partial charge on any atom is 0.274 e. The minimum atomic E-state index is -0.823. The van der Waals surface area contributed by atoms with Gasteiger partial charge in [0, 0.05) is 48.6 Å². The number of amides is 1. The molecule has 1 aromatic heterocycles. The monoisotopic (exact) mass is 719 g/mol. The number of aromatic nitrogens is 2. The molecular weight excluding hydrogens is 670 g/mol. The van der Waals surface area contributed by atoms with Crippen molar-refractivity contribution in [1.82, 2.24) is 19.6 Å². The summed E-state index contributed by atoms with van der Waals surface area (Å²) in [6, 6.07) is 33.7. The summed E-state index contributed by atoms with van der Waals surface area (Å²) in [7, 11) is -0.823. The Morgan fingerprint density at radius 1 is 0.922 bits per heavy atom. The lowest BCUT2D eigenvalue weighted by Gasteiger charge is -2.36. The second-order valence-corrected chi connectivity index (χ2v) is 15.7. The maximum atomic E-state index is 13.7. The van der Waals surface area contributed by atoms with Crippen LogP contribution in [-0.4, -0.2) is 66.0 Å². The number of unbranched alkanes of at least 4 members (excludes halogenated alkanes) is 2. The van der Waals surface area contributed by atoms with E-state index in [1.807, 2.05) is 46.8 Å². The third-order valence-corrected chi connectivity index (χ3v) is 11.7. The Balaban J connectivity index is 1.28. The summed E-state index contributed by atoms with van der Waals surface area (Å²) in [5.41, 5.74) is 9.45. The molecule has 266 valence electrons. The van der Waals surface area contributed by atoms with Crippen molar-refractivity contribution in [1.29, 1.82) is 0 Å². The topological polar surface area (TPSA) is 73.6 Å². The summed E-state index contributed by atoms with van der Waals surface area (Å²) in [5, 5.41) is 17.5. The first kappa shape index (κ1) is 36.6. The number of carbonyl (C=O) groups excluding carboxylic acids is 1. The number of aryl methyl sites for hydroxylation is 1. The zero-order valence-corrected chi connectivity index (χ0v) is 32.3. The van der Waals surface area contributed by atoms with Gasteiger partial charge in [-0.2, -0.15) is 5.10 Å². The number of hydrogen-bond acceptors (Lipinski definition) is 5. The largest absolute Gasteiger partial charge is 0.412 e. The third-order valence-electron chi connectivity index (χ3n) is 9.94. The van der Waals surface area contributed by atoms with Crippen molar-refractivity contribution in [3.05, 3.63) is 130 Å². The SMILES string of the molecule is CCCCN(CCCC)C(=O)c1cc(C)n(-c2ccc(N[SiH2]c3ccc(-c4ccc(Cl)cc4)cc3)cc2CN2Cc3ccccc3CC2CO)n1. The Hall–Kier alpha value is -4.21. The summed E-state index contributed by atoms with van der Waals surface area (Å²) < 4.78 is 1.93. The van der Waals surface area contributed by atoms with Crippen molar-refractivity contribution >= 4 is 38.1 Å². The van der Waals surface area contributed by atoms with Crippen LogP contribution >= 0.6 is 11.6 Å². The number of aliphatic hydroxyl groups excluding tert-OH is 1. The molecule has 1 aliphatic rings. The average Bonchev–Trinajstić information content (AvgIpc) is 3.55. The molecule has 1 unspecified atom stereocenters. The van der Waals surface area contributed by atoms with E-state index in [2.05, 4.69) is 90.5 Å². The average molecular weight is 720 g/mol. The number of halogens is 1. The Labute approximate surface area is 310 Å². The van der Waals surface area contributed by atoms with Gasteiger partial charge >= 0.3 is 0 Å². The van der Waals surface area contributed by atoms with Crippen LogP contribution in [0.4, 0.5) is 5.69 Å². The highest BCUT2D eigenvalue weighted by Gasteiger charge is 2.27. The van der Waals surface area contributed by atoms with Gasteiger partial charge in [-0.05, 0) is 95.6 Å². The molecule has 6 rings (SSSR count). The van der Waals surface area contributed by atoms with Gasteiger partial charge < -0.3 is 15.0 Å². The number of benzene rings is 4. The van der Waals surface area contributed by atoms with Gasteiger partial charge in [-0.3, -0.25) is 9.69 Å². The highest BCUT2D eigenvalue weighted by atomic mass is 35.5. The Kier molecular flexibility index (Phi) is 12.4. The number of hydrogen-bond donors (Lipinski definition) is 2. The van der Waals surface area contributed by atoms with Crippen LogP contribution in [0.5, 0.6) is 0 Å². The second-order valence-electron chi connectivity index (χ2n) is 13.7.